The van der Waals surface area contributed by atoms with Crippen LogP contribution in [0.3, 0.4) is 0 Å². The highest BCUT2D eigenvalue weighted by Gasteiger charge is 2.07. The topological polar surface area (TPSA) is 69.2 Å². The van der Waals surface area contributed by atoms with Crippen LogP contribution in [0.1, 0.15) is 34.6 Å². The van der Waals surface area contributed by atoms with Gasteiger partial charge in [-0.25, -0.2) is 0 Å². The molecule has 6 nitrogen and oxygen atoms in total. The molecule has 22 heavy (non-hydrogen) atoms. The van der Waals surface area contributed by atoms with E-state index in [1.807, 2.05) is 13.8 Å². The first-order valence-electron chi connectivity index (χ1n) is 8.09. The van der Waals surface area contributed by atoms with Crippen LogP contribution in [0.4, 0.5) is 0 Å². The van der Waals surface area contributed by atoms with Crippen LogP contribution in [0.5, 0.6) is 0 Å². The molecule has 2 N–H and O–H groups in total. The minimum atomic E-state index is -0.582. The van der Waals surface area contributed by atoms with Crippen molar-refractivity contribution in [3.8, 4) is 0 Å². The quantitative estimate of drug-likeness (QED) is 0.469. The van der Waals surface area contributed by atoms with Gasteiger partial charge in [-0.15, -0.1) is 0 Å². The second kappa shape index (κ2) is 13.2. The molecule has 0 aliphatic heterocycles. The lowest BCUT2D eigenvalue weighted by molar-refractivity contribution is -0.0476. The van der Waals surface area contributed by atoms with Crippen molar-refractivity contribution in [3.63, 3.8) is 0 Å². The van der Waals surface area contributed by atoms with Crippen molar-refractivity contribution in [3.05, 3.63) is 0 Å². The second-order valence-corrected chi connectivity index (χ2v) is 6.51. The first kappa shape index (κ1) is 21.8. The third-order valence-corrected chi connectivity index (χ3v) is 2.58. The number of rotatable bonds is 14. The summed E-state index contributed by atoms with van der Waals surface area (Å²) in [6.07, 6.45) is -0.461. The molecule has 0 fully saturated rings. The summed E-state index contributed by atoms with van der Waals surface area (Å²) in [5.41, 5.74) is 0.127. The molecule has 0 bridgehead atoms. The average molecular weight is 321 g/mol. The van der Waals surface area contributed by atoms with Crippen molar-refractivity contribution >= 4 is 0 Å². The minimum absolute atomic E-state index is 0.122. The van der Waals surface area contributed by atoms with Crippen LogP contribution in [-0.2, 0) is 18.9 Å². The molecule has 0 spiro atoms. The normalized spacial score (nSPS) is 13.8. The molecular formula is C16H35NO5. The van der Waals surface area contributed by atoms with Gasteiger partial charge in [-0.1, -0.05) is 0 Å². The lowest BCUT2D eigenvalue weighted by atomic mass is 10.1. The molecule has 1 unspecified atom stereocenters. The Hall–Kier alpha value is -0.240. The molecular weight excluding hydrogens is 286 g/mol. The molecule has 0 rings (SSSR count). The first-order valence-corrected chi connectivity index (χ1v) is 8.09. The Bertz CT molecular complexity index is 243. The van der Waals surface area contributed by atoms with Gasteiger partial charge in [-0.05, 0) is 34.6 Å². The van der Waals surface area contributed by atoms with Gasteiger partial charge >= 0.3 is 0 Å². The van der Waals surface area contributed by atoms with Crippen LogP contribution in [0.2, 0.25) is 0 Å². The van der Waals surface area contributed by atoms with Gasteiger partial charge in [0, 0.05) is 12.1 Å². The fourth-order valence-electron chi connectivity index (χ4n) is 1.51. The summed E-state index contributed by atoms with van der Waals surface area (Å²) in [5.74, 6) is 0. The Labute approximate surface area is 135 Å². The SMILES string of the molecule is CC(C)OCC(O)COCCOCCOCCNC(C)(C)C. The molecule has 0 aliphatic rings. The number of aliphatic hydroxyl groups is 1. The number of hydrogen-bond donors (Lipinski definition) is 2. The van der Waals surface area contributed by atoms with E-state index in [-0.39, 0.29) is 18.2 Å². The largest absolute Gasteiger partial charge is 0.388 e. The zero-order valence-electron chi connectivity index (χ0n) is 14.9. The first-order chi connectivity index (χ1) is 10.3. The van der Waals surface area contributed by atoms with E-state index in [0.29, 0.717) is 39.6 Å². The molecule has 0 aromatic rings. The van der Waals surface area contributed by atoms with E-state index in [9.17, 15) is 5.11 Å². The fraction of sp³-hybridized carbons (Fsp3) is 1.00. The lowest BCUT2D eigenvalue weighted by Crippen LogP contribution is -2.38. The van der Waals surface area contributed by atoms with Crippen LogP contribution in [0.25, 0.3) is 0 Å². The van der Waals surface area contributed by atoms with E-state index in [0.717, 1.165) is 6.54 Å². The molecule has 0 aromatic carbocycles. The zero-order chi connectivity index (χ0) is 16.8. The van der Waals surface area contributed by atoms with Gasteiger partial charge in [0.05, 0.1) is 52.4 Å². The summed E-state index contributed by atoms with van der Waals surface area (Å²) in [7, 11) is 0. The van der Waals surface area contributed by atoms with E-state index >= 15 is 0 Å². The van der Waals surface area contributed by atoms with Crippen LogP contribution < -0.4 is 5.32 Å². The molecule has 0 heterocycles. The molecule has 0 radical (unpaired) electrons. The number of ether oxygens (including phenoxy) is 4. The van der Waals surface area contributed by atoms with Gasteiger partial charge < -0.3 is 29.4 Å². The number of nitrogens with one attached hydrogen (secondary N) is 1. The summed E-state index contributed by atoms with van der Waals surface area (Å²) in [5, 5.41) is 12.9. The van der Waals surface area contributed by atoms with Crippen LogP contribution >= 0.6 is 0 Å². The van der Waals surface area contributed by atoms with Gasteiger partial charge in [-0.2, -0.15) is 0 Å². The van der Waals surface area contributed by atoms with Crippen molar-refractivity contribution in [2.45, 2.75) is 52.4 Å². The fourth-order valence-corrected chi connectivity index (χ4v) is 1.51. The van der Waals surface area contributed by atoms with Crippen molar-refractivity contribution in [2.75, 3.05) is 52.8 Å². The summed E-state index contributed by atoms with van der Waals surface area (Å²) < 4.78 is 21.4. The van der Waals surface area contributed by atoms with Crippen LogP contribution in [-0.4, -0.2) is 75.6 Å². The van der Waals surface area contributed by atoms with Gasteiger partial charge in [0.25, 0.3) is 0 Å². The molecule has 0 saturated heterocycles. The highest BCUT2D eigenvalue weighted by molar-refractivity contribution is 4.69. The van der Waals surface area contributed by atoms with Crippen LogP contribution in [0.15, 0.2) is 0 Å². The number of aliphatic hydroxyl groups excluding tert-OH is 1. The Kier molecular flexibility index (Phi) is 13.1. The second-order valence-electron chi connectivity index (χ2n) is 6.51. The Balaban J connectivity index is 3.17. The van der Waals surface area contributed by atoms with Crippen molar-refractivity contribution in [1.82, 2.24) is 5.32 Å². The van der Waals surface area contributed by atoms with Gasteiger partial charge in [-0.3, -0.25) is 0 Å². The molecule has 134 valence electrons. The van der Waals surface area contributed by atoms with E-state index in [1.54, 1.807) is 0 Å². The molecule has 0 amide bonds. The summed E-state index contributed by atoms with van der Waals surface area (Å²) in [4.78, 5) is 0. The lowest BCUT2D eigenvalue weighted by Gasteiger charge is -2.20. The Morgan fingerprint density at radius 2 is 1.41 bits per heavy atom. The van der Waals surface area contributed by atoms with Crippen molar-refractivity contribution < 1.29 is 24.1 Å². The van der Waals surface area contributed by atoms with Crippen molar-refractivity contribution in [2.24, 2.45) is 0 Å². The monoisotopic (exact) mass is 321 g/mol. The Morgan fingerprint density at radius 3 is 1.95 bits per heavy atom. The maximum Gasteiger partial charge on any atom is 0.101 e. The highest BCUT2D eigenvalue weighted by Crippen LogP contribution is 1.96. The van der Waals surface area contributed by atoms with Crippen LogP contribution in [0, 0.1) is 0 Å². The maximum absolute atomic E-state index is 9.56. The molecule has 6 heteroatoms. The highest BCUT2D eigenvalue weighted by atomic mass is 16.5. The summed E-state index contributed by atoms with van der Waals surface area (Å²) >= 11 is 0. The predicted octanol–water partition coefficient (Wildman–Crippen LogP) is 1.21. The maximum atomic E-state index is 9.56. The van der Waals surface area contributed by atoms with Gasteiger partial charge in [0.1, 0.15) is 6.10 Å². The van der Waals surface area contributed by atoms with Gasteiger partial charge in [0.2, 0.25) is 0 Å². The third kappa shape index (κ3) is 17.8. The minimum Gasteiger partial charge on any atom is -0.388 e. The van der Waals surface area contributed by atoms with Gasteiger partial charge in [0.15, 0.2) is 0 Å². The van der Waals surface area contributed by atoms with E-state index < -0.39 is 6.10 Å². The van der Waals surface area contributed by atoms with E-state index in [4.69, 9.17) is 18.9 Å². The van der Waals surface area contributed by atoms with E-state index in [2.05, 4.69) is 26.1 Å². The van der Waals surface area contributed by atoms with E-state index in [1.165, 1.54) is 0 Å². The standard InChI is InChI=1S/C16H35NO5/c1-14(2)22-13-15(18)12-21-11-10-20-9-8-19-7-6-17-16(3,4)5/h14-15,17-18H,6-13H2,1-5H3. The molecule has 1 atom stereocenters. The predicted molar refractivity (Wildman–Crippen MR) is 87.3 cm³/mol. The third-order valence-electron chi connectivity index (χ3n) is 2.58. The average Bonchev–Trinajstić information content (AvgIpc) is 2.41. The molecule has 0 aromatic heterocycles. The van der Waals surface area contributed by atoms with Crippen molar-refractivity contribution in [1.29, 1.82) is 0 Å². The smallest absolute Gasteiger partial charge is 0.101 e. The molecule has 0 aliphatic carbocycles. The molecule has 0 saturated carbocycles. The zero-order valence-corrected chi connectivity index (χ0v) is 14.9. The number of hydrogen-bond acceptors (Lipinski definition) is 6. The summed E-state index contributed by atoms with van der Waals surface area (Å²) in [6.45, 7) is 14.4. The Morgan fingerprint density at radius 1 is 0.864 bits per heavy atom. The summed E-state index contributed by atoms with van der Waals surface area (Å²) in [6, 6.07) is 0.